The van der Waals surface area contributed by atoms with Crippen LogP contribution in [0.1, 0.15) is 33.3 Å². The van der Waals surface area contributed by atoms with Crippen LogP contribution >= 0.6 is 0 Å². The number of benzene rings is 1. The van der Waals surface area contributed by atoms with Crippen LogP contribution in [-0.2, 0) is 9.31 Å². The van der Waals surface area contributed by atoms with Crippen molar-refractivity contribution in [3.8, 4) is 0 Å². The number of halogens is 5. The third kappa shape index (κ3) is 2.77. The van der Waals surface area contributed by atoms with Crippen LogP contribution in [0.15, 0.2) is 11.8 Å². The van der Waals surface area contributed by atoms with E-state index in [9.17, 15) is 22.0 Å². The molecule has 1 aromatic rings. The van der Waals surface area contributed by atoms with Crippen molar-refractivity contribution in [1.29, 1.82) is 0 Å². The van der Waals surface area contributed by atoms with Gasteiger partial charge in [-0.1, -0.05) is 0 Å². The molecule has 1 saturated heterocycles. The van der Waals surface area contributed by atoms with Crippen LogP contribution in [0, 0.1) is 23.3 Å². The Balaban J connectivity index is 2.40. The summed E-state index contributed by atoms with van der Waals surface area (Å²) in [6, 6.07) is 0.0503. The van der Waals surface area contributed by atoms with E-state index in [0.29, 0.717) is 6.08 Å². The third-order valence-electron chi connectivity index (χ3n) is 3.91. The maximum Gasteiger partial charge on any atom is 0.525 e. The molecule has 0 radical (unpaired) electrons. The van der Waals surface area contributed by atoms with Crippen molar-refractivity contribution in [2.75, 3.05) is 0 Å². The van der Waals surface area contributed by atoms with Gasteiger partial charge in [0.05, 0.1) is 16.8 Å². The summed E-state index contributed by atoms with van der Waals surface area (Å²) in [6.45, 7) is 6.62. The van der Waals surface area contributed by atoms with Gasteiger partial charge < -0.3 is 9.31 Å². The maximum absolute atomic E-state index is 14.1. The lowest BCUT2D eigenvalue weighted by Crippen LogP contribution is -2.41. The van der Waals surface area contributed by atoms with Crippen LogP contribution in [0.3, 0.4) is 0 Å². The van der Waals surface area contributed by atoms with Crippen molar-refractivity contribution in [2.45, 2.75) is 38.9 Å². The van der Waals surface area contributed by atoms with Crippen molar-refractivity contribution in [1.82, 2.24) is 0 Å². The van der Waals surface area contributed by atoms with Crippen molar-refractivity contribution in [3.63, 3.8) is 0 Å². The normalized spacial score (nSPS) is 20.6. The van der Waals surface area contributed by atoms with E-state index < -0.39 is 52.9 Å². The lowest BCUT2D eigenvalue weighted by Gasteiger charge is -2.32. The van der Waals surface area contributed by atoms with Gasteiger partial charge in [-0.05, 0) is 33.8 Å². The van der Waals surface area contributed by atoms with Crippen LogP contribution < -0.4 is 0 Å². The Kier molecular flexibility index (Phi) is 4.12. The minimum Gasteiger partial charge on any atom is -0.398 e. The predicted octanol–water partition coefficient (Wildman–Crippen LogP) is 4.18. The van der Waals surface area contributed by atoms with E-state index in [2.05, 4.69) is 0 Å². The molecule has 1 aliphatic heterocycles. The van der Waals surface area contributed by atoms with Crippen LogP contribution in [0.4, 0.5) is 22.0 Å². The standard InChI is InChI=1S/C14H14BF5O2/c1-13(2)14(3,4)22-15(21-13)10(18)5-7-11(19)8(16)6-9(17)12(7)20/h5-6H,1-4H3. The first-order valence-electron chi connectivity index (χ1n) is 6.52. The van der Waals surface area contributed by atoms with Gasteiger partial charge in [0.1, 0.15) is 5.73 Å². The van der Waals surface area contributed by atoms with E-state index in [0.717, 1.165) is 0 Å². The fourth-order valence-electron chi connectivity index (χ4n) is 1.88. The van der Waals surface area contributed by atoms with Gasteiger partial charge in [-0.15, -0.1) is 0 Å². The van der Waals surface area contributed by atoms with Crippen molar-refractivity contribution in [3.05, 3.63) is 40.6 Å². The van der Waals surface area contributed by atoms with Crippen molar-refractivity contribution < 1.29 is 31.3 Å². The summed E-state index contributed by atoms with van der Waals surface area (Å²) >= 11 is 0. The molecule has 1 aromatic carbocycles. The average Bonchev–Trinajstić information content (AvgIpc) is 2.61. The summed E-state index contributed by atoms with van der Waals surface area (Å²) in [5.74, 6) is -6.62. The first-order valence-corrected chi connectivity index (χ1v) is 6.52. The quantitative estimate of drug-likeness (QED) is 0.462. The van der Waals surface area contributed by atoms with E-state index in [1.165, 1.54) is 0 Å². The molecule has 0 spiro atoms. The highest BCUT2D eigenvalue weighted by Crippen LogP contribution is 2.39. The first kappa shape index (κ1) is 17.0. The predicted molar refractivity (Wildman–Crippen MR) is 71.4 cm³/mol. The molecule has 1 heterocycles. The second-order valence-corrected chi connectivity index (χ2v) is 6.00. The highest BCUT2D eigenvalue weighted by molar-refractivity contribution is 6.54. The highest BCUT2D eigenvalue weighted by Gasteiger charge is 2.53. The largest absolute Gasteiger partial charge is 0.525 e. The average molecular weight is 320 g/mol. The second-order valence-electron chi connectivity index (χ2n) is 6.00. The van der Waals surface area contributed by atoms with Gasteiger partial charge in [0, 0.05) is 6.07 Å². The van der Waals surface area contributed by atoms with E-state index >= 15 is 0 Å². The fraction of sp³-hybridized carbons (Fsp3) is 0.429. The van der Waals surface area contributed by atoms with Gasteiger partial charge in [-0.25, -0.2) is 22.0 Å². The summed E-state index contributed by atoms with van der Waals surface area (Å²) in [4.78, 5) is 0. The maximum atomic E-state index is 14.1. The summed E-state index contributed by atoms with van der Waals surface area (Å²) < 4.78 is 78.1. The van der Waals surface area contributed by atoms with Crippen LogP contribution in [-0.4, -0.2) is 18.3 Å². The molecular weight excluding hydrogens is 306 g/mol. The summed E-state index contributed by atoms with van der Waals surface area (Å²) in [7, 11) is -1.52. The molecular formula is C14H14BF5O2. The number of rotatable bonds is 2. The monoisotopic (exact) mass is 320 g/mol. The molecule has 0 unspecified atom stereocenters. The fourth-order valence-corrected chi connectivity index (χ4v) is 1.88. The zero-order chi connectivity index (χ0) is 16.9. The summed E-state index contributed by atoms with van der Waals surface area (Å²) in [5.41, 5.74) is -4.09. The minimum absolute atomic E-state index is 0.0503. The zero-order valence-corrected chi connectivity index (χ0v) is 12.4. The highest BCUT2D eigenvalue weighted by atomic mass is 19.2. The zero-order valence-electron chi connectivity index (χ0n) is 12.4. The molecule has 0 atom stereocenters. The second kappa shape index (κ2) is 5.35. The van der Waals surface area contributed by atoms with Crippen LogP contribution in [0.5, 0.6) is 0 Å². The van der Waals surface area contributed by atoms with Crippen molar-refractivity contribution in [2.24, 2.45) is 0 Å². The SMILES string of the molecule is CC1(C)OB(C(F)=Cc2c(F)c(F)cc(F)c2F)OC1(C)C. The Morgan fingerprint density at radius 2 is 1.36 bits per heavy atom. The van der Waals surface area contributed by atoms with E-state index in [1.807, 2.05) is 0 Å². The molecule has 22 heavy (non-hydrogen) atoms. The number of hydrogen-bond acceptors (Lipinski definition) is 2. The van der Waals surface area contributed by atoms with Gasteiger partial charge >= 0.3 is 7.12 Å². The molecule has 2 nitrogen and oxygen atoms in total. The molecule has 0 aliphatic carbocycles. The molecule has 0 saturated carbocycles. The van der Waals surface area contributed by atoms with Gasteiger partial charge in [0.2, 0.25) is 0 Å². The molecule has 1 fully saturated rings. The molecule has 2 rings (SSSR count). The third-order valence-corrected chi connectivity index (χ3v) is 3.91. The Hall–Kier alpha value is -1.41. The lowest BCUT2D eigenvalue weighted by molar-refractivity contribution is 0.00578. The van der Waals surface area contributed by atoms with E-state index in [1.54, 1.807) is 27.7 Å². The van der Waals surface area contributed by atoms with Gasteiger partial charge in [0.15, 0.2) is 23.3 Å². The Bertz CT molecular complexity index is 600. The Morgan fingerprint density at radius 1 is 0.955 bits per heavy atom. The molecule has 0 aromatic heterocycles. The van der Waals surface area contributed by atoms with Gasteiger partial charge in [-0.3, -0.25) is 0 Å². The molecule has 0 amide bonds. The molecule has 8 heteroatoms. The number of hydrogen-bond donors (Lipinski definition) is 0. The van der Waals surface area contributed by atoms with E-state index in [-0.39, 0.29) is 6.07 Å². The van der Waals surface area contributed by atoms with Crippen LogP contribution in [0.25, 0.3) is 6.08 Å². The molecule has 0 bridgehead atoms. The van der Waals surface area contributed by atoms with Crippen LogP contribution in [0.2, 0.25) is 0 Å². The van der Waals surface area contributed by atoms with Gasteiger partial charge in [0.25, 0.3) is 0 Å². The Morgan fingerprint density at radius 3 is 1.77 bits per heavy atom. The Labute approximate surface area is 125 Å². The lowest BCUT2D eigenvalue weighted by atomic mass is 9.86. The van der Waals surface area contributed by atoms with Gasteiger partial charge in [-0.2, -0.15) is 0 Å². The summed E-state index contributed by atoms with van der Waals surface area (Å²) in [5, 5.41) is 0. The van der Waals surface area contributed by atoms with E-state index in [4.69, 9.17) is 9.31 Å². The molecule has 0 N–H and O–H groups in total. The minimum atomic E-state index is -1.69. The first-order chi connectivity index (χ1) is 9.96. The topological polar surface area (TPSA) is 18.5 Å². The molecule has 120 valence electrons. The van der Waals surface area contributed by atoms with Crippen molar-refractivity contribution >= 4 is 13.2 Å². The summed E-state index contributed by atoms with van der Waals surface area (Å²) in [6.07, 6.45) is 0.332. The smallest absolute Gasteiger partial charge is 0.398 e. The molecule has 1 aliphatic rings.